The molecule has 2 aromatic rings. The molecule has 2 heterocycles. The fraction of sp³-hybridized carbons (Fsp3) is 0.0588. The molecule has 0 atom stereocenters. The Bertz CT molecular complexity index is 956. The average molecular weight is 370 g/mol. The molecule has 0 unspecified atom stereocenters. The maximum absolute atomic E-state index is 12.2. The highest BCUT2D eigenvalue weighted by Gasteiger charge is 2.33. The number of carboxylic acid groups (broad SMARTS) is 1. The SMILES string of the molecule is N#Cc1ccccc1-c1ccc(/C=C2\SC(=S)N(CC(=O)O)C2=O)o1. The van der Waals surface area contributed by atoms with Gasteiger partial charge in [-0.2, -0.15) is 5.26 Å². The number of hydrogen-bond donors (Lipinski definition) is 1. The summed E-state index contributed by atoms with van der Waals surface area (Å²) in [7, 11) is 0. The maximum atomic E-state index is 12.2. The molecule has 1 aromatic carbocycles. The molecule has 3 rings (SSSR count). The minimum absolute atomic E-state index is 0.195. The zero-order valence-corrected chi connectivity index (χ0v) is 14.3. The predicted octanol–water partition coefficient (Wildman–Crippen LogP) is 3.10. The van der Waals surface area contributed by atoms with Crippen molar-refractivity contribution in [3.8, 4) is 17.4 Å². The van der Waals surface area contributed by atoms with Gasteiger partial charge in [0.25, 0.3) is 5.91 Å². The van der Waals surface area contributed by atoms with Crippen LogP contribution >= 0.6 is 24.0 Å². The van der Waals surface area contributed by atoms with Crippen LogP contribution in [0.1, 0.15) is 11.3 Å². The van der Waals surface area contributed by atoms with E-state index in [0.29, 0.717) is 27.6 Å². The summed E-state index contributed by atoms with van der Waals surface area (Å²) in [6, 6.07) is 12.5. The Morgan fingerprint density at radius 1 is 1.36 bits per heavy atom. The third-order valence-electron chi connectivity index (χ3n) is 3.38. The van der Waals surface area contributed by atoms with Crippen LogP contribution in [0.15, 0.2) is 45.7 Å². The van der Waals surface area contributed by atoms with E-state index in [0.717, 1.165) is 16.7 Å². The molecule has 1 amide bonds. The Kier molecular flexibility index (Phi) is 4.70. The number of carbonyl (C=O) groups is 2. The van der Waals surface area contributed by atoms with Crippen LogP contribution in [0.25, 0.3) is 17.4 Å². The zero-order chi connectivity index (χ0) is 18.0. The second kappa shape index (κ2) is 6.93. The number of nitrogens with zero attached hydrogens (tertiary/aromatic N) is 2. The smallest absolute Gasteiger partial charge is 0.323 e. The molecular weight excluding hydrogens is 360 g/mol. The minimum atomic E-state index is -1.13. The minimum Gasteiger partial charge on any atom is -0.480 e. The Labute approximate surface area is 152 Å². The number of carboxylic acids is 1. The largest absolute Gasteiger partial charge is 0.480 e. The fourth-order valence-electron chi connectivity index (χ4n) is 2.27. The molecule has 1 aromatic heterocycles. The first kappa shape index (κ1) is 17.0. The third-order valence-corrected chi connectivity index (χ3v) is 4.76. The molecule has 0 radical (unpaired) electrons. The molecule has 1 aliphatic rings. The number of rotatable bonds is 4. The van der Waals surface area contributed by atoms with E-state index in [4.69, 9.17) is 27.0 Å². The van der Waals surface area contributed by atoms with E-state index >= 15 is 0 Å². The first-order valence-electron chi connectivity index (χ1n) is 7.06. The number of hydrogen-bond acceptors (Lipinski definition) is 6. The van der Waals surface area contributed by atoms with Gasteiger partial charge < -0.3 is 9.52 Å². The van der Waals surface area contributed by atoms with Crippen molar-refractivity contribution in [1.29, 1.82) is 5.26 Å². The molecule has 0 spiro atoms. The van der Waals surface area contributed by atoms with Crippen molar-refractivity contribution in [2.75, 3.05) is 6.54 Å². The summed E-state index contributed by atoms with van der Waals surface area (Å²) >= 11 is 6.07. The molecule has 8 heteroatoms. The van der Waals surface area contributed by atoms with E-state index < -0.39 is 18.4 Å². The zero-order valence-electron chi connectivity index (χ0n) is 12.6. The first-order chi connectivity index (χ1) is 12.0. The molecular formula is C17H10N2O4S2. The number of furan rings is 1. The number of amides is 1. The molecule has 1 N–H and O–H groups in total. The van der Waals surface area contributed by atoms with Gasteiger partial charge >= 0.3 is 5.97 Å². The van der Waals surface area contributed by atoms with Gasteiger partial charge in [0.05, 0.1) is 16.5 Å². The second-order valence-electron chi connectivity index (χ2n) is 5.02. The standard InChI is InChI=1S/C17H10N2O4S2/c18-8-10-3-1-2-4-12(10)13-6-5-11(23-13)7-14-16(22)19(9-15(20)21)17(24)25-14/h1-7H,9H2,(H,20,21)/b14-7-. The summed E-state index contributed by atoms with van der Waals surface area (Å²) < 4.78 is 5.90. The second-order valence-corrected chi connectivity index (χ2v) is 6.70. The van der Waals surface area contributed by atoms with Crippen LogP contribution in [-0.4, -0.2) is 32.7 Å². The van der Waals surface area contributed by atoms with Crippen molar-refractivity contribution >= 4 is 46.3 Å². The highest BCUT2D eigenvalue weighted by Crippen LogP contribution is 2.33. The van der Waals surface area contributed by atoms with Crippen LogP contribution in [0.4, 0.5) is 0 Å². The van der Waals surface area contributed by atoms with Gasteiger partial charge in [-0.05, 0) is 24.3 Å². The van der Waals surface area contributed by atoms with E-state index in [1.807, 2.05) is 0 Å². The predicted molar refractivity (Wildman–Crippen MR) is 96.4 cm³/mol. The topological polar surface area (TPSA) is 94.5 Å². The van der Waals surface area contributed by atoms with Crippen LogP contribution in [0.2, 0.25) is 0 Å². The van der Waals surface area contributed by atoms with Crippen LogP contribution in [0, 0.1) is 11.3 Å². The third kappa shape index (κ3) is 3.47. The Morgan fingerprint density at radius 3 is 2.84 bits per heavy atom. The Hall–Kier alpha value is -2.89. The molecule has 0 saturated carbocycles. The van der Waals surface area contributed by atoms with Gasteiger partial charge in [0, 0.05) is 11.6 Å². The van der Waals surface area contributed by atoms with Crippen LogP contribution in [0.3, 0.4) is 0 Å². The summed E-state index contributed by atoms with van der Waals surface area (Å²) in [5, 5.41) is 18.0. The number of nitriles is 1. The summed E-state index contributed by atoms with van der Waals surface area (Å²) in [5.41, 5.74) is 1.14. The molecule has 0 aliphatic carbocycles. The van der Waals surface area contributed by atoms with Gasteiger partial charge in [-0.1, -0.05) is 36.1 Å². The molecule has 25 heavy (non-hydrogen) atoms. The molecule has 0 bridgehead atoms. The molecule has 1 saturated heterocycles. The monoisotopic (exact) mass is 370 g/mol. The van der Waals surface area contributed by atoms with Crippen molar-refractivity contribution in [2.24, 2.45) is 0 Å². The number of thioether (sulfide) groups is 1. The van der Waals surface area contributed by atoms with Crippen molar-refractivity contribution in [2.45, 2.75) is 0 Å². The summed E-state index contributed by atoms with van der Waals surface area (Å²) in [4.78, 5) is 24.4. The summed E-state index contributed by atoms with van der Waals surface area (Å²) in [5.74, 6) is -0.679. The van der Waals surface area contributed by atoms with E-state index in [1.165, 1.54) is 6.08 Å². The van der Waals surface area contributed by atoms with Crippen LogP contribution in [0.5, 0.6) is 0 Å². The van der Waals surface area contributed by atoms with Gasteiger partial charge in [-0.25, -0.2) is 0 Å². The number of benzene rings is 1. The van der Waals surface area contributed by atoms with E-state index in [2.05, 4.69) is 6.07 Å². The van der Waals surface area contributed by atoms with Gasteiger partial charge in [-0.15, -0.1) is 0 Å². The first-order valence-corrected chi connectivity index (χ1v) is 8.28. The molecule has 6 nitrogen and oxygen atoms in total. The van der Waals surface area contributed by atoms with Crippen molar-refractivity contribution in [3.63, 3.8) is 0 Å². The van der Waals surface area contributed by atoms with Crippen LogP contribution < -0.4 is 0 Å². The number of aliphatic carboxylic acids is 1. The Balaban J connectivity index is 1.88. The highest BCUT2D eigenvalue weighted by molar-refractivity contribution is 8.26. The lowest BCUT2D eigenvalue weighted by molar-refractivity contribution is -0.140. The number of thiocarbonyl (C=S) groups is 1. The average Bonchev–Trinajstić information content (AvgIpc) is 3.15. The van der Waals surface area contributed by atoms with Gasteiger partial charge in [0.1, 0.15) is 22.4 Å². The van der Waals surface area contributed by atoms with Crippen molar-refractivity contribution in [3.05, 3.63) is 52.6 Å². The van der Waals surface area contributed by atoms with Crippen molar-refractivity contribution in [1.82, 2.24) is 4.90 Å². The molecule has 1 fully saturated rings. The van der Waals surface area contributed by atoms with Gasteiger partial charge in [-0.3, -0.25) is 14.5 Å². The summed E-state index contributed by atoms with van der Waals surface area (Å²) in [6.45, 7) is -0.471. The van der Waals surface area contributed by atoms with Gasteiger partial charge in [0.15, 0.2) is 0 Å². The van der Waals surface area contributed by atoms with Crippen molar-refractivity contribution < 1.29 is 19.1 Å². The maximum Gasteiger partial charge on any atom is 0.323 e. The normalized spacial score (nSPS) is 15.6. The summed E-state index contributed by atoms with van der Waals surface area (Å²) in [6.07, 6.45) is 1.51. The Morgan fingerprint density at radius 2 is 2.12 bits per heavy atom. The van der Waals surface area contributed by atoms with Gasteiger partial charge in [0.2, 0.25) is 0 Å². The van der Waals surface area contributed by atoms with E-state index in [9.17, 15) is 9.59 Å². The lowest BCUT2D eigenvalue weighted by Crippen LogP contribution is -2.33. The lowest BCUT2D eigenvalue weighted by atomic mass is 10.1. The quantitative estimate of drug-likeness (QED) is 0.653. The highest BCUT2D eigenvalue weighted by atomic mass is 32.2. The van der Waals surface area contributed by atoms with E-state index in [-0.39, 0.29) is 4.32 Å². The van der Waals surface area contributed by atoms with Crippen LogP contribution in [-0.2, 0) is 9.59 Å². The molecule has 1 aliphatic heterocycles. The lowest BCUT2D eigenvalue weighted by Gasteiger charge is -2.09. The van der Waals surface area contributed by atoms with E-state index in [1.54, 1.807) is 36.4 Å². The fourth-order valence-corrected chi connectivity index (χ4v) is 3.51. The number of carbonyl (C=O) groups excluding carboxylic acids is 1. The molecule has 124 valence electrons.